The van der Waals surface area contributed by atoms with E-state index in [1.54, 1.807) is 0 Å². The van der Waals surface area contributed by atoms with Crippen LogP contribution >= 0.6 is 0 Å². The number of ether oxygens (including phenoxy) is 2. The molecule has 2 aliphatic carbocycles. The van der Waals surface area contributed by atoms with Crippen LogP contribution in [0.3, 0.4) is 0 Å². The van der Waals surface area contributed by atoms with Gasteiger partial charge in [0.25, 0.3) is 0 Å². The van der Waals surface area contributed by atoms with Crippen LogP contribution in [0.25, 0.3) is 0 Å². The Labute approximate surface area is 102 Å². The van der Waals surface area contributed by atoms with Crippen molar-refractivity contribution in [1.29, 1.82) is 0 Å². The molecule has 0 radical (unpaired) electrons. The van der Waals surface area contributed by atoms with Crippen LogP contribution < -0.4 is 0 Å². The number of hydrogen-bond acceptors (Lipinski definition) is 4. The number of unbranched alkanes of at least 4 members (excludes halogenated alkanes) is 1. The van der Waals surface area contributed by atoms with E-state index in [1.807, 2.05) is 0 Å². The van der Waals surface area contributed by atoms with Gasteiger partial charge in [-0.05, 0) is 38.5 Å². The number of rotatable bonds is 7. The molecule has 0 N–H and O–H groups in total. The first-order valence-corrected chi connectivity index (χ1v) is 6.60. The maximum atomic E-state index is 11.4. The number of carbonyl (C=O) groups is 2. The minimum absolute atomic E-state index is 0.0498. The summed E-state index contributed by atoms with van der Waals surface area (Å²) < 4.78 is 10.2. The van der Waals surface area contributed by atoms with Crippen molar-refractivity contribution in [2.75, 3.05) is 13.2 Å². The van der Waals surface area contributed by atoms with E-state index in [2.05, 4.69) is 0 Å². The van der Waals surface area contributed by atoms with Crippen molar-refractivity contribution in [3.05, 3.63) is 0 Å². The summed E-state index contributed by atoms with van der Waals surface area (Å²) in [4.78, 5) is 22.5. The molecule has 0 bridgehead atoms. The molecule has 2 aliphatic rings. The fraction of sp³-hybridized carbons (Fsp3) is 0.846. The van der Waals surface area contributed by atoms with E-state index >= 15 is 0 Å². The molecule has 0 unspecified atom stereocenters. The van der Waals surface area contributed by atoms with Crippen LogP contribution in [0.1, 0.15) is 44.9 Å². The molecule has 4 nitrogen and oxygen atoms in total. The molecule has 0 spiro atoms. The van der Waals surface area contributed by atoms with E-state index in [1.165, 1.54) is 0 Å². The largest absolute Gasteiger partial charge is 0.465 e. The SMILES string of the molecule is O=C(OCCCCOC(=O)C1CC1)C1CCC1. The third-order valence-electron chi connectivity index (χ3n) is 3.38. The highest BCUT2D eigenvalue weighted by molar-refractivity contribution is 5.74. The highest BCUT2D eigenvalue weighted by Gasteiger charge is 2.31. The van der Waals surface area contributed by atoms with Crippen molar-refractivity contribution >= 4 is 11.9 Å². The van der Waals surface area contributed by atoms with Gasteiger partial charge in [0.05, 0.1) is 25.0 Å². The van der Waals surface area contributed by atoms with Crippen molar-refractivity contribution in [1.82, 2.24) is 0 Å². The zero-order valence-electron chi connectivity index (χ0n) is 10.2. The van der Waals surface area contributed by atoms with Crippen molar-refractivity contribution < 1.29 is 19.1 Å². The molecule has 4 heteroatoms. The Hall–Kier alpha value is -1.06. The molecule has 0 aromatic rings. The zero-order valence-corrected chi connectivity index (χ0v) is 10.2. The van der Waals surface area contributed by atoms with Gasteiger partial charge >= 0.3 is 11.9 Å². The maximum absolute atomic E-state index is 11.4. The van der Waals surface area contributed by atoms with E-state index in [9.17, 15) is 9.59 Å². The highest BCUT2D eigenvalue weighted by atomic mass is 16.5. The summed E-state index contributed by atoms with van der Waals surface area (Å²) in [6.07, 6.45) is 6.63. The zero-order chi connectivity index (χ0) is 12.1. The van der Waals surface area contributed by atoms with Crippen LogP contribution in [0, 0.1) is 11.8 Å². The molecular weight excluding hydrogens is 220 g/mol. The van der Waals surface area contributed by atoms with Crippen LogP contribution in [-0.2, 0) is 19.1 Å². The number of hydrogen-bond donors (Lipinski definition) is 0. The van der Waals surface area contributed by atoms with Crippen molar-refractivity contribution in [2.45, 2.75) is 44.9 Å². The molecule has 0 aromatic carbocycles. The summed E-state index contributed by atoms with van der Waals surface area (Å²) in [5.74, 6) is 0.219. The molecular formula is C13H20O4. The summed E-state index contributed by atoms with van der Waals surface area (Å²) in [5.41, 5.74) is 0. The third kappa shape index (κ3) is 4.02. The van der Waals surface area contributed by atoms with E-state index < -0.39 is 0 Å². The molecule has 0 atom stereocenters. The molecule has 2 rings (SSSR count). The second-order valence-electron chi connectivity index (χ2n) is 4.94. The average Bonchev–Trinajstić information content (AvgIpc) is 3.03. The molecule has 0 heterocycles. The summed E-state index contributed by atoms with van der Waals surface area (Å²) in [7, 11) is 0. The van der Waals surface area contributed by atoms with E-state index in [0.717, 1.165) is 44.9 Å². The fourth-order valence-electron chi connectivity index (χ4n) is 1.75. The lowest BCUT2D eigenvalue weighted by Crippen LogP contribution is -2.24. The first-order valence-electron chi connectivity index (χ1n) is 6.60. The molecule has 96 valence electrons. The summed E-state index contributed by atoms with van der Waals surface area (Å²) >= 11 is 0. The first kappa shape index (κ1) is 12.4. The summed E-state index contributed by atoms with van der Waals surface area (Å²) in [6, 6.07) is 0. The molecule has 0 amide bonds. The number of carbonyl (C=O) groups excluding carboxylic acids is 2. The third-order valence-corrected chi connectivity index (χ3v) is 3.38. The van der Waals surface area contributed by atoms with Gasteiger partial charge in [-0.15, -0.1) is 0 Å². The minimum Gasteiger partial charge on any atom is -0.465 e. The van der Waals surface area contributed by atoms with Gasteiger partial charge in [0.15, 0.2) is 0 Å². The van der Waals surface area contributed by atoms with Gasteiger partial charge in [-0.3, -0.25) is 9.59 Å². The minimum atomic E-state index is -0.0588. The highest BCUT2D eigenvalue weighted by Crippen LogP contribution is 2.30. The normalized spacial score (nSPS) is 19.5. The second kappa shape index (κ2) is 6.03. The monoisotopic (exact) mass is 240 g/mol. The van der Waals surface area contributed by atoms with Gasteiger partial charge in [0, 0.05) is 0 Å². The van der Waals surface area contributed by atoms with Crippen molar-refractivity contribution in [3.8, 4) is 0 Å². The van der Waals surface area contributed by atoms with Gasteiger partial charge in [0.1, 0.15) is 0 Å². The van der Waals surface area contributed by atoms with Crippen LogP contribution in [0.2, 0.25) is 0 Å². The van der Waals surface area contributed by atoms with Gasteiger partial charge in [-0.1, -0.05) is 6.42 Å². The molecule has 0 saturated heterocycles. The molecule has 2 fully saturated rings. The predicted molar refractivity (Wildman–Crippen MR) is 61.2 cm³/mol. The van der Waals surface area contributed by atoms with E-state index in [0.29, 0.717) is 13.2 Å². The van der Waals surface area contributed by atoms with Gasteiger partial charge in [-0.2, -0.15) is 0 Å². The van der Waals surface area contributed by atoms with Crippen molar-refractivity contribution in [3.63, 3.8) is 0 Å². The molecule has 0 aliphatic heterocycles. The van der Waals surface area contributed by atoms with Crippen LogP contribution in [0.15, 0.2) is 0 Å². The standard InChI is InChI=1S/C13H20O4/c14-12(10-4-3-5-10)16-8-1-2-9-17-13(15)11-6-7-11/h10-11H,1-9H2. The lowest BCUT2D eigenvalue weighted by molar-refractivity contribution is -0.152. The Kier molecular flexibility index (Phi) is 4.40. The van der Waals surface area contributed by atoms with Gasteiger partial charge < -0.3 is 9.47 Å². The molecule has 2 saturated carbocycles. The summed E-state index contributed by atoms with van der Waals surface area (Å²) in [6.45, 7) is 0.909. The maximum Gasteiger partial charge on any atom is 0.308 e. The van der Waals surface area contributed by atoms with Crippen LogP contribution in [-0.4, -0.2) is 25.2 Å². The smallest absolute Gasteiger partial charge is 0.308 e. The topological polar surface area (TPSA) is 52.6 Å². The average molecular weight is 240 g/mol. The first-order chi connectivity index (χ1) is 8.27. The lowest BCUT2D eigenvalue weighted by atomic mass is 9.86. The Morgan fingerprint density at radius 3 is 1.65 bits per heavy atom. The van der Waals surface area contributed by atoms with Gasteiger partial charge in [-0.25, -0.2) is 0 Å². The van der Waals surface area contributed by atoms with Crippen LogP contribution in [0.5, 0.6) is 0 Å². The van der Waals surface area contributed by atoms with E-state index in [-0.39, 0.29) is 23.8 Å². The number of esters is 2. The fourth-order valence-corrected chi connectivity index (χ4v) is 1.75. The van der Waals surface area contributed by atoms with Crippen LogP contribution in [0.4, 0.5) is 0 Å². The van der Waals surface area contributed by atoms with E-state index in [4.69, 9.17) is 9.47 Å². The second-order valence-corrected chi connectivity index (χ2v) is 4.94. The van der Waals surface area contributed by atoms with Crippen molar-refractivity contribution in [2.24, 2.45) is 11.8 Å². The Morgan fingerprint density at radius 2 is 1.29 bits per heavy atom. The summed E-state index contributed by atoms with van der Waals surface area (Å²) in [5, 5.41) is 0. The van der Waals surface area contributed by atoms with Gasteiger partial charge in [0.2, 0.25) is 0 Å². The lowest BCUT2D eigenvalue weighted by Gasteiger charge is -2.22. The quantitative estimate of drug-likeness (QED) is 0.505. The molecule has 0 aromatic heterocycles. The molecule has 17 heavy (non-hydrogen) atoms. The Balaban J connectivity index is 1.40. The predicted octanol–water partition coefficient (Wildman–Crippen LogP) is 2.06. The Bertz CT molecular complexity index is 279. The Morgan fingerprint density at radius 1 is 0.824 bits per heavy atom.